The smallest absolute Gasteiger partial charge is 0.240 e. The molecule has 3 nitrogen and oxygen atoms in total. The van der Waals surface area contributed by atoms with Gasteiger partial charge in [0.15, 0.2) is 0 Å². The van der Waals surface area contributed by atoms with Crippen LogP contribution in [0.2, 0.25) is 0 Å². The van der Waals surface area contributed by atoms with Crippen LogP contribution in [0.1, 0.15) is 39.5 Å². The summed E-state index contributed by atoms with van der Waals surface area (Å²) in [7, 11) is 0. The van der Waals surface area contributed by atoms with Gasteiger partial charge in [-0.05, 0) is 18.8 Å². The Balaban J connectivity index is 2.68. The molecular formula is C13H24N2O. The molecule has 1 aliphatic carbocycles. The quantitative estimate of drug-likeness (QED) is 0.725. The molecule has 0 aromatic carbocycles. The Bertz CT molecular complexity index is 244. The summed E-state index contributed by atoms with van der Waals surface area (Å²) in [5.74, 6) is 0.281. The van der Waals surface area contributed by atoms with E-state index in [1.54, 1.807) is 6.08 Å². The molecule has 1 fully saturated rings. The molecule has 1 rings (SSSR count). The van der Waals surface area contributed by atoms with Crippen molar-refractivity contribution in [1.82, 2.24) is 4.90 Å². The van der Waals surface area contributed by atoms with Gasteiger partial charge >= 0.3 is 0 Å². The van der Waals surface area contributed by atoms with Gasteiger partial charge in [-0.25, -0.2) is 0 Å². The van der Waals surface area contributed by atoms with Crippen LogP contribution in [0.15, 0.2) is 12.7 Å². The van der Waals surface area contributed by atoms with Gasteiger partial charge in [0.05, 0.1) is 6.04 Å². The topological polar surface area (TPSA) is 46.3 Å². The second kappa shape index (κ2) is 6.04. The molecule has 0 spiro atoms. The van der Waals surface area contributed by atoms with Gasteiger partial charge in [0, 0.05) is 12.6 Å². The molecule has 1 aliphatic rings. The van der Waals surface area contributed by atoms with Gasteiger partial charge in [-0.1, -0.05) is 32.8 Å². The van der Waals surface area contributed by atoms with Crippen LogP contribution in [0.3, 0.4) is 0 Å². The van der Waals surface area contributed by atoms with E-state index in [0.29, 0.717) is 12.6 Å². The molecule has 92 valence electrons. The Morgan fingerprint density at radius 3 is 2.50 bits per heavy atom. The highest BCUT2D eigenvalue weighted by atomic mass is 16.2. The zero-order valence-corrected chi connectivity index (χ0v) is 10.5. The van der Waals surface area contributed by atoms with E-state index in [9.17, 15) is 4.79 Å². The number of hydrogen-bond donors (Lipinski definition) is 1. The van der Waals surface area contributed by atoms with Crippen molar-refractivity contribution in [3.8, 4) is 0 Å². The third-order valence-corrected chi connectivity index (χ3v) is 3.38. The zero-order valence-electron chi connectivity index (χ0n) is 10.5. The summed E-state index contributed by atoms with van der Waals surface area (Å²) in [6, 6.07) is 0.0100. The Morgan fingerprint density at radius 1 is 1.50 bits per heavy atom. The summed E-state index contributed by atoms with van der Waals surface area (Å²) < 4.78 is 0. The van der Waals surface area contributed by atoms with Crippen LogP contribution in [0, 0.1) is 5.92 Å². The van der Waals surface area contributed by atoms with Crippen LogP contribution in [0.4, 0.5) is 0 Å². The SMILES string of the molecule is C=CCN(C(=O)[C@H](N)C(C)C)C1CCCC1. The molecule has 1 atom stereocenters. The molecule has 1 saturated carbocycles. The van der Waals surface area contributed by atoms with Gasteiger partial charge < -0.3 is 10.6 Å². The molecule has 0 heterocycles. The van der Waals surface area contributed by atoms with Crippen molar-refractivity contribution in [2.24, 2.45) is 11.7 Å². The first kappa shape index (κ1) is 13.2. The normalized spacial score (nSPS) is 18.8. The lowest BCUT2D eigenvalue weighted by atomic mass is 10.0. The maximum atomic E-state index is 12.2. The number of nitrogens with two attached hydrogens (primary N) is 1. The minimum Gasteiger partial charge on any atom is -0.335 e. The lowest BCUT2D eigenvalue weighted by molar-refractivity contribution is -0.135. The summed E-state index contributed by atoms with van der Waals surface area (Å²) in [6.07, 6.45) is 6.48. The van der Waals surface area contributed by atoms with E-state index in [0.717, 1.165) is 12.8 Å². The van der Waals surface area contributed by atoms with Gasteiger partial charge in [-0.3, -0.25) is 4.79 Å². The van der Waals surface area contributed by atoms with Crippen molar-refractivity contribution in [3.05, 3.63) is 12.7 Å². The first-order valence-electron chi connectivity index (χ1n) is 6.25. The Morgan fingerprint density at radius 2 is 2.06 bits per heavy atom. The van der Waals surface area contributed by atoms with Crippen LogP contribution >= 0.6 is 0 Å². The standard InChI is InChI=1S/C13H24N2O/c1-4-9-15(11-7-5-6-8-11)13(16)12(14)10(2)3/h4,10-12H,1,5-9,14H2,2-3H3/t12-/m1/s1. The number of rotatable bonds is 5. The second-order valence-corrected chi connectivity index (χ2v) is 4.99. The van der Waals surface area contributed by atoms with Crippen molar-refractivity contribution < 1.29 is 4.79 Å². The predicted octanol–water partition coefficient (Wildman–Crippen LogP) is 1.93. The maximum absolute atomic E-state index is 12.2. The third kappa shape index (κ3) is 3.08. The van der Waals surface area contributed by atoms with Gasteiger partial charge in [0.2, 0.25) is 5.91 Å². The Labute approximate surface area is 98.7 Å². The first-order valence-corrected chi connectivity index (χ1v) is 6.25. The highest BCUT2D eigenvalue weighted by Gasteiger charge is 2.29. The van der Waals surface area contributed by atoms with Gasteiger partial charge in [0.25, 0.3) is 0 Å². The number of amides is 1. The molecular weight excluding hydrogens is 200 g/mol. The van der Waals surface area contributed by atoms with Crippen molar-refractivity contribution in [2.45, 2.75) is 51.6 Å². The van der Waals surface area contributed by atoms with Gasteiger partial charge in [-0.15, -0.1) is 6.58 Å². The van der Waals surface area contributed by atoms with E-state index < -0.39 is 0 Å². The van der Waals surface area contributed by atoms with Crippen molar-refractivity contribution in [1.29, 1.82) is 0 Å². The van der Waals surface area contributed by atoms with E-state index in [1.165, 1.54) is 12.8 Å². The number of carbonyl (C=O) groups is 1. The second-order valence-electron chi connectivity index (χ2n) is 4.99. The molecule has 1 amide bonds. The van der Waals surface area contributed by atoms with Crippen LogP contribution < -0.4 is 5.73 Å². The summed E-state index contributed by atoms with van der Waals surface area (Å²) >= 11 is 0. The molecule has 16 heavy (non-hydrogen) atoms. The molecule has 0 aliphatic heterocycles. The summed E-state index contributed by atoms with van der Waals surface area (Å²) in [5.41, 5.74) is 5.93. The molecule has 2 N–H and O–H groups in total. The summed E-state index contributed by atoms with van der Waals surface area (Å²) in [5, 5.41) is 0. The van der Waals surface area contributed by atoms with Crippen molar-refractivity contribution in [3.63, 3.8) is 0 Å². The lowest BCUT2D eigenvalue weighted by Crippen LogP contribution is -2.50. The molecule has 0 radical (unpaired) electrons. The van der Waals surface area contributed by atoms with Gasteiger partial charge in [-0.2, -0.15) is 0 Å². The molecule has 0 bridgehead atoms. The highest BCUT2D eigenvalue weighted by Crippen LogP contribution is 2.24. The minimum absolute atomic E-state index is 0.0850. The Hall–Kier alpha value is -0.830. The summed E-state index contributed by atoms with van der Waals surface area (Å²) in [4.78, 5) is 14.1. The van der Waals surface area contributed by atoms with Gasteiger partial charge in [0.1, 0.15) is 0 Å². The van der Waals surface area contributed by atoms with Crippen molar-refractivity contribution in [2.75, 3.05) is 6.54 Å². The average Bonchev–Trinajstić information content (AvgIpc) is 2.76. The lowest BCUT2D eigenvalue weighted by Gasteiger charge is -2.31. The fourth-order valence-corrected chi connectivity index (χ4v) is 2.25. The fraction of sp³-hybridized carbons (Fsp3) is 0.769. The van der Waals surface area contributed by atoms with E-state index in [4.69, 9.17) is 5.73 Å². The van der Waals surface area contributed by atoms with E-state index in [-0.39, 0.29) is 17.9 Å². The molecule has 0 unspecified atom stereocenters. The Kier molecular flexibility index (Phi) is 5.00. The summed E-state index contributed by atoms with van der Waals surface area (Å²) in [6.45, 7) is 8.33. The third-order valence-electron chi connectivity index (χ3n) is 3.38. The van der Waals surface area contributed by atoms with Crippen molar-refractivity contribution >= 4 is 5.91 Å². The first-order chi connectivity index (χ1) is 7.57. The maximum Gasteiger partial charge on any atom is 0.240 e. The van der Waals surface area contributed by atoms with Crippen LogP contribution in [-0.4, -0.2) is 29.4 Å². The number of hydrogen-bond acceptors (Lipinski definition) is 2. The zero-order chi connectivity index (χ0) is 12.1. The van der Waals surface area contributed by atoms with E-state index in [1.807, 2.05) is 18.7 Å². The van der Waals surface area contributed by atoms with Crippen LogP contribution in [0.5, 0.6) is 0 Å². The average molecular weight is 224 g/mol. The predicted molar refractivity (Wildman–Crippen MR) is 67.0 cm³/mol. The van der Waals surface area contributed by atoms with Crippen LogP contribution in [-0.2, 0) is 4.79 Å². The van der Waals surface area contributed by atoms with E-state index >= 15 is 0 Å². The molecule has 0 aromatic rings. The fourth-order valence-electron chi connectivity index (χ4n) is 2.25. The molecule has 0 aromatic heterocycles. The monoisotopic (exact) mass is 224 g/mol. The van der Waals surface area contributed by atoms with E-state index in [2.05, 4.69) is 6.58 Å². The molecule has 0 saturated heterocycles. The molecule has 3 heteroatoms. The van der Waals surface area contributed by atoms with Crippen LogP contribution in [0.25, 0.3) is 0 Å². The minimum atomic E-state index is -0.374. The largest absolute Gasteiger partial charge is 0.335 e. The number of carbonyl (C=O) groups excluding carboxylic acids is 1. The highest BCUT2D eigenvalue weighted by molar-refractivity contribution is 5.82. The number of nitrogens with zero attached hydrogens (tertiary/aromatic N) is 1.